The largest absolute Gasteiger partial charge is 0.495 e. The Morgan fingerprint density at radius 3 is 2.75 bits per heavy atom. The van der Waals surface area contributed by atoms with Gasteiger partial charge in [0.1, 0.15) is 18.1 Å². The number of nitrogens with one attached hydrogen (secondary N) is 1. The monoisotopic (exact) mass is 452 g/mol. The Morgan fingerprint density at radius 2 is 1.91 bits per heavy atom. The molecule has 0 fully saturated rings. The molecule has 1 heterocycles. The molecule has 0 radical (unpaired) electrons. The van der Waals surface area contributed by atoms with Gasteiger partial charge in [-0.3, -0.25) is 0 Å². The highest BCUT2D eigenvalue weighted by atomic mass is 35.5. The third-order valence-corrected chi connectivity index (χ3v) is 5.59. The van der Waals surface area contributed by atoms with Gasteiger partial charge in [-0.05, 0) is 41.5 Å². The lowest BCUT2D eigenvalue weighted by Crippen LogP contribution is -2.36. The molecular weight excluding hydrogens is 428 g/mol. The Labute approximate surface area is 192 Å². The van der Waals surface area contributed by atoms with Gasteiger partial charge in [0.25, 0.3) is 0 Å². The Morgan fingerprint density at radius 1 is 1.09 bits per heavy atom. The SMILES string of the molecule is COc1ccccc1NC(=O)N1CCOc2ccc(COCc3ccccc3Cl)cc2C1. The number of hydrogen-bond acceptors (Lipinski definition) is 4. The maximum absolute atomic E-state index is 12.9. The molecule has 0 atom stereocenters. The second kappa shape index (κ2) is 10.4. The van der Waals surface area contributed by atoms with Gasteiger partial charge in [0.2, 0.25) is 0 Å². The normalized spacial score (nSPS) is 13.0. The van der Waals surface area contributed by atoms with Crippen molar-refractivity contribution in [3.05, 3.63) is 88.4 Å². The van der Waals surface area contributed by atoms with Crippen molar-refractivity contribution in [2.75, 3.05) is 25.6 Å². The Kier molecular flexibility index (Phi) is 7.14. The summed E-state index contributed by atoms with van der Waals surface area (Å²) in [6, 6.07) is 20.7. The Balaban J connectivity index is 1.41. The van der Waals surface area contributed by atoms with Crippen LogP contribution >= 0.6 is 11.6 Å². The molecule has 2 amide bonds. The summed E-state index contributed by atoms with van der Waals surface area (Å²) < 4.78 is 17.0. The van der Waals surface area contributed by atoms with E-state index < -0.39 is 0 Å². The van der Waals surface area contributed by atoms with Crippen LogP contribution in [0.3, 0.4) is 0 Å². The van der Waals surface area contributed by atoms with Crippen LogP contribution in [0.25, 0.3) is 0 Å². The smallest absolute Gasteiger partial charge is 0.322 e. The molecule has 4 rings (SSSR count). The van der Waals surface area contributed by atoms with E-state index in [1.54, 1.807) is 12.0 Å². The van der Waals surface area contributed by atoms with Crippen LogP contribution in [-0.2, 0) is 24.5 Å². The number of carbonyl (C=O) groups is 1. The predicted molar refractivity (Wildman–Crippen MR) is 124 cm³/mol. The van der Waals surface area contributed by atoms with Crippen molar-refractivity contribution in [3.8, 4) is 11.5 Å². The van der Waals surface area contributed by atoms with E-state index in [4.69, 9.17) is 25.8 Å². The first-order valence-electron chi connectivity index (χ1n) is 10.4. The summed E-state index contributed by atoms with van der Waals surface area (Å²) in [5.41, 5.74) is 3.53. The lowest BCUT2D eigenvalue weighted by Gasteiger charge is -2.21. The number of amides is 2. The van der Waals surface area contributed by atoms with Crippen LogP contribution in [0.5, 0.6) is 11.5 Å². The second-order valence-electron chi connectivity index (χ2n) is 7.43. The number of rotatable bonds is 6. The number of benzene rings is 3. The number of methoxy groups -OCH3 is 1. The topological polar surface area (TPSA) is 60.0 Å². The van der Waals surface area contributed by atoms with Crippen molar-refractivity contribution in [1.82, 2.24) is 4.90 Å². The van der Waals surface area contributed by atoms with E-state index in [2.05, 4.69) is 5.32 Å². The number of urea groups is 1. The summed E-state index contributed by atoms with van der Waals surface area (Å²) in [6.07, 6.45) is 0. The maximum Gasteiger partial charge on any atom is 0.322 e. The molecule has 7 heteroatoms. The van der Waals surface area contributed by atoms with E-state index in [-0.39, 0.29) is 6.03 Å². The Bertz CT molecular complexity index is 1090. The third-order valence-electron chi connectivity index (χ3n) is 5.22. The average Bonchev–Trinajstić information content (AvgIpc) is 3.03. The van der Waals surface area contributed by atoms with E-state index in [1.807, 2.05) is 66.7 Å². The van der Waals surface area contributed by atoms with Crippen LogP contribution in [0.1, 0.15) is 16.7 Å². The van der Waals surface area contributed by atoms with Crippen LogP contribution in [0.2, 0.25) is 5.02 Å². The second-order valence-corrected chi connectivity index (χ2v) is 7.83. The van der Waals surface area contributed by atoms with E-state index in [0.29, 0.717) is 49.4 Å². The van der Waals surface area contributed by atoms with Crippen LogP contribution < -0.4 is 14.8 Å². The number of nitrogens with zero attached hydrogens (tertiary/aromatic N) is 1. The molecule has 0 saturated carbocycles. The van der Waals surface area contributed by atoms with E-state index in [0.717, 1.165) is 22.4 Å². The Hall–Kier alpha value is -3.22. The van der Waals surface area contributed by atoms with Crippen molar-refractivity contribution >= 4 is 23.3 Å². The van der Waals surface area contributed by atoms with Crippen LogP contribution in [-0.4, -0.2) is 31.2 Å². The minimum Gasteiger partial charge on any atom is -0.495 e. The molecule has 0 aliphatic carbocycles. The van der Waals surface area contributed by atoms with E-state index in [1.165, 1.54) is 0 Å². The fourth-order valence-electron chi connectivity index (χ4n) is 3.55. The molecule has 3 aromatic carbocycles. The number of ether oxygens (including phenoxy) is 3. The minimum atomic E-state index is -0.202. The van der Waals surface area contributed by atoms with Gasteiger partial charge < -0.3 is 24.4 Å². The molecule has 0 spiro atoms. The molecule has 6 nitrogen and oxygen atoms in total. The summed E-state index contributed by atoms with van der Waals surface area (Å²) in [7, 11) is 1.58. The highest BCUT2D eigenvalue weighted by Crippen LogP contribution is 2.27. The predicted octanol–water partition coefficient (Wildman–Crippen LogP) is 5.49. The molecule has 0 unspecified atom stereocenters. The van der Waals surface area contributed by atoms with Gasteiger partial charge in [-0.2, -0.15) is 0 Å². The first kappa shape index (κ1) is 22.0. The zero-order chi connectivity index (χ0) is 22.3. The minimum absolute atomic E-state index is 0.202. The summed E-state index contributed by atoms with van der Waals surface area (Å²) in [4.78, 5) is 14.6. The molecule has 166 valence electrons. The van der Waals surface area contributed by atoms with Crippen LogP contribution in [0.15, 0.2) is 66.7 Å². The number of hydrogen-bond donors (Lipinski definition) is 1. The molecular formula is C25H25ClN2O4. The van der Waals surface area contributed by atoms with Crippen LogP contribution in [0.4, 0.5) is 10.5 Å². The average molecular weight is 453 g/mol. The van der Waals surface area contributed by atoms with Gasteiger partial charge in [-0.15, -0.1) is 0 Å². The summed E-state index contributed by atoms with van der Waals surface area (Å²) in [5, 5.41) is 3.63. The van der Waals surface area contributed by atoms with Gasteiger partial charge in [0.05, 0.1) is 39.1 Å². The number of carbonyl (C=O) groups excluding carboxylic acids is 1. The van der Waals surface area contributed by atoms with Gasteiger partial charge in [0, 0.05) is 10.6 Å². The molecule has 3 aromatic rings. The van der Waals surface area contributed by atoms with Crippen molar-refractivity contribution < 1.29 is 19.0 Å². The van der Waals surface area contributed by atoms with Crippen molar-refractivity contribution in [2.45, 2.75) is 19.8 Å². The highest BCUT2D eigenvalue weighted by Gasteiger charge is 2.21. The maximum atomic E-state index is 12.9. The summed E-state index contributed by atoms with van der Waals surface area (Å²) >= 11 is 6.19. The fourth-order valence-corrected chi connectivity index (χ4v) is 3.74. The fraction of sp³-hybridized carbons (Fsp3) is 0.240. The summed E-state index contributed by atoms with van der Waals surface area (Å²) in [5.74, 6) is 1.40. The van der Waals surface area contributed by atoms with Gasteiger partial charge in [0.15, 0.2) is 0 Å². The van der Waals surface area contributed by atoms with Crippen LogP contribution in [0, 0.1) is 0 Å². The first-order valence-corrected chi connectivity index (χ1v) is 10.8. The van der Waals surface area contributed by atoms with Gasteiger partial charge >= 0.3 is 6.03 Å². The van der Waals surface area contributed by atoms with E-state index in [9.17, 15) is 4.79 Å². The van der Waals surface area contributed by atoms with Gasteiger partial charge in [-0.1, -0.05) is 48.0 Å². The molecule has 0 aromatic heterocycles. The lowest BCUT2D eigenvalue weighted by molar-refractivity contribution is 0.107. The zero-order valence-electron chi connectivity index (χ0n) is 17.8. The lowest BCUT2D eigenvalue weighted by atomic mass is 10.1. The third kappa shape index (κ3) is 5.33. The van der Waals surface area contributed by atoms with Crippen molar-refractivity contribution in [1.29, 1.82) is 0 Å². The highest BCUT2D eigenvalue weighted by molar-refractivity contribution is 6.31. The first-order chi connectivity index (χ1) is 15.6. The molecule has 32 heavy (non-hydrogen) atoms. The standard InChI is InChI=1S/C25H25ClN2O4/c1-30-24-9-5-4-8-22(24)27-25(29)28-12-13-32-23-11-10-18(14-20(23)15-28)16-31-17-19-6-2-3-7-21(19)26/h2-11,14H,12-13,15-17H2,1H3,(H,27,29). The number of fused-ring (bicyclic) bond motifs is 1. The van der Waals surface area contributed by atoms with E-state index >= 15 is 0 Å². The summed E-state index contributed by atoms with van der Waals surface area (Å²) in [6.45, 7) is 2.21. The number of para-hydroxylation sites is 2. The van der Waals surface area contributed by atoms with Crippen molar-refractivity contribution in [2.24, 2.45) is 0 Å². The molecule has 0 bridgehead atoms. The van der Waals surface area contributed by atoms with Gasteiger partial charge in [-0.25, -0.2) is 4.79 Å². The molecule has 1 aliphatic heterocycles. The quantitative estimate of drug-likeness (QED) is 0.537. The number of halogens is 1. The molecule has 1 N–H and O–H groups in total. The molecule has 1 aliphatic rings. The molecule has 0 saturated heterocycles. The van der Waals surface area contributed by atoms with Crippen molar-refractivity contribution in [3.63, 3.8) is 0 Å². The number of anilines is 1. The zero-order valence-corrected chi connectivity index (χ0v) is 18.6.